The SMILES string of the molecule is Cc1c(-c2cnn(C)c2)nn(-c2ccccc2)c1CC(=O)C[C@@H]1CN(CCOC2CC2)C[C@H]1c1ccnc(F)c1. The number of para-hydroxylation sites is 1. The van der Waals surface area contributed by atoms with Gasteiger partial charge in [-0.25, -0.2) is 9.67 Å². The Kier molecular flexibility index (Phi) is 7.58. The Bertz CT molecular complexity index is 1480. The van der Waals surface area contributed by atoms with Crippen molar-refractivity contribution in [2.45, 2.75) is 44.6 Å². The Balaban J connectivity index is 1.23. The summed E-state index contributed by atoms with van der Waals surface area (Å²) in [6, 6.07) is 13.3. The number of carbonyl (C=O) groups is 1. The molecule has 208 valence electrons. The van der Waals surface area contributed by atoms with Gasteiger partial charge in [0.2, 0.25) is 5.95 Å². The highest BCUT2D eigenvalue weighted by Gasteiger charge is 2.36. The highest BCUT2D eigenvalue weighted by atomic mass is 19.1. The Morgan fingerprint density at radius 1 is 1.15 bits per heavy atom. The third kappa shape index (κ3) is 5.90. The monoisotopic (exact) mass is 542 g/mol. The molecule has 2 aliphatic rings. The van der Waals surface area contributed by atoms with Crippen LogP contribution in [0.1, 0.15) is 42.0 Å². The Morgan fingerprint density at radius 3 is 2.70 bits per heavy atom. The molecule has 3 aromatic heterocycles. The number of halogens is 1. The van der Waals surface area contributed by atoms with Crippen molar-refractivity contribution in [3.63, 3.8) is 0 Å². The molecule has 0 spiro atoms. The minimum Gasteiger partial charge on any atom is -0.377 e. The Hall–Kier alpha value is -3.69. The summed E-state index contributed by atoms with van der Waals surface area (Å²) in [7, 11) is 1.88. The molecule has 6 rings (SSSR count). The molecule has 1 aliphatic carbocycles. The van der Waals surface area contributed by atoms with E-state index in [4.69, 9.17) is 9.84 Å². The Morgan fingerprint density at radius 2 is 1.98 bits per heavy atom. The van der Waals surface area contributed by atoms with Gasteiger partial charge in [-0.15, -0.1) is 0 Å². The topological polar surface area (TPSA) is 78.1 Å². The number of carbonyl (C=O) groups excluding carboxylic acids is 1. The van der Waals surface area contributed by atoms with E-state index in [2.05, 4.69) is 15.0 Å². The number of aromatic nitrogens is 5. The highest BCUT2D eigenvalue weighted by Crippen LogP contribution is 2.36. The molecular formula is C31H35FN6O2. The molecule has 8 nitrogen and oxygen atoms in total. The summed E-state index contributed by atoms with van der Waals surface area (Å²) in [5, 5.41) is 9.24. The van der Waals surface area contributed by atoms with Crippen LogP contribution in [-0.4, -0.2) is 67.6 Å². The fraction of sp³-hybridized carbons (Fsp3) is 0.419. The fourth-order valence-electron chi connectivity index (χ4n) is 5.85. The van der Waals surface area contributed by atoms with Crippen LogP contribution in [0.15, 0.2) is 61.1 Å². The average Bonchev–Trinajstić information content (AvgIpc) is 3.39. The van der Waals surface area contributed by atoms with Gasteiger partial charge < -0.3 is 9.64 Å². The molecule has 2 fully saturated rings. The number of nitrogens with zero attached hydrogens (tertiary/aromatic N) is 6. The molecule has 1 aliphatic heterocycles. The summed E-state index contributed by atoms with van der Waals surface area (Å²) < 4.78 is 23.6. The largest absolute Gasteiger partial charge is 0.377 e. The first-order valence-electron chi connectivity index (χ1n) is 14.0. The van der Waals surface area contributed by atoms with Crippen LogP contribution in [0.2, 0.25) is 0 Å². The van der Waals surface area contributed by atoms with Gasteiger partial charge >= 0.3 is 0 Å². The number of ketones is 1. The van der Waals surface area contributed by atoms with E-state index in [1.807, 2.05) is 61.2 Å². The minimum atomic E-state index is -0.483. The summed E-state index contributed by atoms with van der Waals surface area (Å²) in [5.74, 6) is -0.183. The molecular weight excluding hydrogens is 507 g/mol. The number of likely N-dealkylation sites (tertiary alicyclic amines) is 1. The molecule has 0 radical (unpaired) electrons. The summed E-state index contributed by atoms with van der Waals surface area (Å²) in [5.41, 5.74) is 5.42. The second-order valence-electron chi connectivity index (χ2n) is 11.1. The summed E-state index contributed by atoms with van der Waals surface area (Å²) >= 11 is 0. The predicted octanol–water partition coefficient (Wildman–Crippen LogP) is 4.51. The Labute approximate surface area is 233 Å². The maximum atomic E-state index is 14.1. The van der Waals surface area contributed by atoms with Gasteiger partial charge in [-0.3, -0.25) is 9.48 Å². The van der Waals surface area contributed by atoms with E-state index in [0.717, 1.165) is 66.2 Å². The summed E-state index contributed by atoms with van der Waals surface area (Å²) in [6.45, 7) is 5.10. The van der Waals surface area contributed by atoms with E-state index in [9.17, 15) is 9.18 Å². The molecule has 2 atom stereocenters. The van der Waals surface area contributed by atoms with Gasteiger partial charge in [0, 0.05) is 63.4 Å². The van der Waals surface area contributed by atoms with E-state index >= 15 is 0 Å². The average molecular weight is 543 g/mol. The molecule has 9 heteroatoms. The number of Topliss-reactive ketones (excluding diaryl/α,β-unsaturated/α-hetero) is 1. The zero-order valence-electron chi connectivity index (χ0n) is 23.0. The van der Waals surface area contributed by atoms with Crippen molar-refractivity contribution in [2.24, 2.45) is 13.0 Å². The third-order valence-corrected chi connectivity index (χ3v) is 8.06. The number of hydrogen-bond acceptors (Lipinski definition) is 6. The van der Waals surface area contributed by atoms with Gasteiger partial charge in [0.1, 0.15) is 5.78 Å². The number of hydrogen-bond donors (Lipinski definition) is 0. The van der Waals surface area contributed by atoms with Gasteiger partial charge in [-0.1, -0.05) is 18.2 Å². The molecule has 1 aromatic carbocycles. The van der Waals surface area contributed by atoms with Crippen molar-refractivity contribution in [3.05, 3.63) is 83.8 Å². The molecule has 0 N–H and O–H groups in total. The van der Waals surface area contributed by atoms with Crippen molar-refractivity contribution in [1.82, 2.24) is 29.4 Å². The lowest BCUT2D eigenvalue weighted by atomic mass is 9.85. The second kappa shape index (κ2) is 11.4. The van der Waals surface area contributed by atoms with E-state index in [-0.39, 0.29) is 24.0 Å². The van der Waals surface area contributed by atoms with Crippen LogP contribution >= 0.6 is 0 Å². The minimum absolute atomic E-state index is 0.0634. The smallest absolute Gasteiger partial charge is 0.213 e. The van der Waals surface area contributed by atoms with Crippen molar-refractivity contribution < 1.29 is 13.9 Å². The van der Waals surface area contributed by atoms with E-state index < -0.39 is 5.95 Å². The maximum Gasteiger partial charge on any atom is 0.213 e. The van der Waals surface area contributed by atoms with Crippen LogP contribution < -0.4 is 0 Å². The maximum absolute atomic E-state index is 14.1. The molecule has 4 heterocycles. The number of rotatable bonds is 11. The summed E-state index contributed by atoms with van der Waals surface area (Å²) in [4.78, 5) is 19.8. The van der Waals surface area contributed by atoms with E-state index in [0.29, 0.717) is 19.1 Å². The lowest BCUT2D eigenvalue weighted by Crippen LogP contribution is -2.26. The first-order valence-corrected chi connectivity index (χ1v) is 14.0. The predicted molar refractivity (Wildman–Crippen MR) is 150 cm³/mol. The second-order valence-corrected chi connectivity index (χ2v) is 11.1. The number of aryl methyl sites for hydroxylation is 1. The standard InChI is InChI=1S/C31H35FN6O2/c1-21-29(38(25-6-4-3-5-7-25)35-31(21)24-17-34-36(2)18-24)16-26(39)14-23-19-37(12-13-40-27-8-9-27)20-28(23)22-10-11-33-30(32)15-22/h3-7,10-11,15,17-18,23,27-28H,8-9,12-14,16,19-20H2,1-2H3/t23-,28+/m1/s1. The molecule has 40 heavy (non-hydrogen) atoms. The van der Waals surface area contributed by atoms with Gasteiger partial charge in [0.05, 0.1) is 36.0 Å². The van der Waals surface area contributed by atoms with Gasteiger partial charge in [-0.05, 0) is 61.1 Å². The molecule has 0 unspecified atom stereocenters. The van der Waals surface area contributed by atoms with Crippen LogP contribution in [0.3, 0.4) is 0 Å². The van der Waals surface area contributed by atoms with Crippen LogP contribution in [0.5, 0.6) is 0 Å². The van der Waals surface area contributed by atoms with Crippen LogP contribution in [0.25, 0.3) is 16.9 Å². The van der Waals surface area contributed by atoms with Crippen molar-refractivity contribution in [2.75, 3.05) is 26.2 Å². The normalized spacial score (nSPS) is 19.4. The number of pyridine rings is 1. The molecule has 1 saturated carbocycles. The molecule has 4 aromatic rings. The lowest BCUT2D eigenvalue weighted by Gasteiger charge is -2.18. The quantitative estimate of drug-likeness (QED) is 0.260. The van der Waals surface area contributed by atoms with Crippen LogP contribution in [-0.2, 0) is 23.0 Å². The molecule has 0 amide bonds. The van der Waals surface area contributed by atoms with Gasteiger partial charge in [0.15, 0.2) is 0 Å². The van der Waals surface area contributed by atoms with Crippen molar-refractivity contribution in [1.29, 1.82) is 0 Å². The van der Waals surface area contributed by atoms with Crippen LogP contribution in [0, 0.1) is 18.8 Å². The lowest BCUT2D eigenvalue weighted by molar-refractivity contribution is -0.119. The molecule has 1 saturated heterocycles. The van der Waals surface area contributed by atoms with Crippen LogP contribution in [0.4, 0.5) is 4.39 Å². The fourth-order valence-corrected chi connectivity index (χ4v) is 5.85. The summed E-state index contributed by atoms with van der Waals surface area (Å²) in [6.07, 6.45) is 8.66. The third-order valence-electron chi connectivity index (χ3n) is 8.06. The molecule has 0 bridgehead atoms. The highest BCUT2D eigenvalue weighted by molar-refractivity contribution is 5.82. The number of benzene rings is 1. The zero-order chi connectivity index (χ0) is 27.6. The first kappa shape index (κ1) is 26.5. The number of ether oxygens (including phenoxy) is 1. The van der Waals surface area contributed by atoms with Gasteiger partial charge in [0.25, 0.3) is 0 Å². The van der Waals surface area contributed by atoms with Gasteiger partial charge in [-0.2, -0.15) is 14.6 Å². The first-order chi connectivity index (χ1) is 19.4. The van der Waals surface area contributed by atoms with E-state index in [1.165, 1.54) is 12.3 Å². The van der Waals surface area contributed by atoms with Crippen molar-refractivity contribution in [3.8, 4) is 16.9 Å². The zero-order valence-corrected chi connectivity index (χ0v) is 23.0. The van der Waals surface area contributed by atoms with E-state index in [1.54, 1.807) is 10.9 Å². The van der Waals surface area contributed by atoms with Crippen molar-refractivity contribution >= 4 is 5.78 Å².